The molecule has 0 fully saturated rings. The lowest BCUT2D eigenvalue weighted by molar-refractivity contribution is 0.0798. The van der Waals surface area contributed by atoms with Crippen LogP contribution in [-0.4, -0.2) is 43.0 Å². The summed E-state index contributed by atoms with van der Waals surface area (Å²) >= 11 is 0. The normalized spacial score (nSPS) is 10.7. The molecule has 1 amide bonds. The molecule has 0 bridgehead atoms. The zero-order valence-electron chi connectivity index (χ0n) is 11.6. The third kappa shape index (κ3) is 2.90. The molecule has 2 aromatic rings. The van der Waals surface area contributed by atoms with Gasteiger partial charge in [-0.3, -0.25) is 9.78 Å². The van der Waals surface area contributed by atoms with E-state index in [-0.39, 0.29) is 5.91 Å². The van der Waals surface area contributed by atoms with Gasteiger partial charge in [0.05, 0.1) is 11.1 Å². The molecule has 19 heavy (non-hydrogen) atoms. The molecule has 1 aromatic carbocycles. The largest absolute Gasteiger partial charge is 0.340 e. The van der Waals surface area contributed by atoms with Gasteiger partial charge in [-0.05, 0) is 26.1 Å². The standard InChI is InChI=1S/C15H19N3O/c1-11-10-13(15(19)18(3)9-8-16-2)12-6-4-5-7-14(12)17-11/h4-7,10,16H,8-9H2,1-3H3. The van der Waals surface area contributed by atoms with E-state index in [9.17, 15) is 4.79 Å². The predicted octanol–water partition coefficient (Wildman–Crippen LogP) is 1.83. The Morgan fingerprint density at radius 3 is 2.84 bits per heavy atom. The molecule has 0 unspecified atom stereocenters. The lowest BCUT2D eigenvalue weighted by Gasteiger charge is -2.18. The Morgan fingerprint density at radius 2 is 2.11 bits per heavy atom. The average Bonchev–Trinajstić information content (AvgIpc) is 2.42. The minimum atomic E-state index is 0.0388. The van der Waals surface area contributed by atoms with Crippen molar-refractivity contribution in [3.05, 3.63) is 41.6 Å². The number of rotatable bonds is 4. The fraction of sp³-hybridized carbons (Fsp3) is 0.333. The maximum atomic E-state index is 12.5. The monoisotopic (exact) mass is 257 g/mol. The van der Waals surface area contributed by atoms with Crippen LogP contribution < -0.4 is 5.32 Å². The second-order valence-electron chi connectivity index (χ2n) is 4.66. The third-order valence-electron chi connectivity index (χ3n) is 3.12. The van der Waals surface area contributed by atoms with E-state index in [2.05, 4.69) is 10.3 Å². The molecule has 0 radical (unpaired) electrons. The van der Waals surface area contributed by atoms with Crippen LogP contribution in [0.1, 0.15) is 16.1 Å². The van der Waals surface area contributed by atoms with E-state index in [0.29, 0.717) is 6.54 Å². The maximum Gasteiger partial charge on any atom is 0.254 e. The Hall–Kier alpha value is -1.94. The van der Waals surface area contributed by atoms with Crippen molar-refractivity contribution in [1.29, 1.82) is 0 Å². The van der Waals surface area contributed by atoms with Crippen molar-refractivity contribution in [1.82, 2.24) is 15.2 Å². The Bertz CT molecular complexity index is 595. The number of carbonyl (C=O) groups excluding carboxylic acids is 1. The summed E-state index contributed by atoms with van der Waals surface area (Å²) in [5.74, 6) is 0.0388. The summed E-state index contributed by atoms with van der Waals surface area (Å²) in [5, 5.41) is 3.96. The van der Waals surface area contributed by atoms with Crippen LogP contribution in [0.5, 0.6) is 0 Å². The predicted molar refractivity (Wildman–Crippen MR) is 77.4 cm³/mol. The molecule has 0 spiro atoms. The summed E-state index contributed by atoms with van der Waals surface area (Å²) in [6.07, 6.45) is 0. The highest BCUT2D eigenvalue weighted by molar-refractivity contribution is 6.06. The van der Waals surface area contributed by atoms with Crippen molar-refractivity contribution in [2.75, 3.05) is 27.2 Å². The number of carbonyl (C=O) groups is 1. The van der Waals surface area contributed by atoms with Gasteiger partial charge in [0, 0.05) is 31.2 Å². The van der Waals surface area contributed by atoms with E-state index in [1.807, 2.05) is 51.4 Å². The summed E-state index contributed by atoms with van der Waals surface area (Å²) in [6.45, 7) is 3.38. The van der Waals surface area contributed by atoms with Crippen molar-refractivity contribution in [2.45, 2.75) is 6.92 Å². The Labute approximate surface area is 113 Å². The van der Waals surface area contributed by atoms with E-state index in [0.717, 1.165) is 28.7 Å². The molecule has 1 heterocycles. The highest BCUT2D eigenvalue weighted by Crippen LogP contribution is 2.19. The number of nitrogens with zero attached hydrogens (tertiary/aromatic N) is 2. The van der Waals surface area contributed by atoms with Gasteiger partial charge in [-0.15, -0.1) is 0 Å². The van der Waals surface area contributed by atoms with Crippen LogP contribution in [0.2, 0.25) is 0 Å². The number of para-hydroxylation sites is 1. The van der Waals surface area contributed by atoms with E-state index in [1.165, 1.54) is 0 Å². The first-order valence-corrected chi connectivity index (χ1v) is 6.40. The molecule has 0 aliphatic rings. The number of benzene rings is 1. The molecule has 0 aliphatic heterocycles. The number of nitrogens with one attached hydrogen (secondary N) is 1. The Morgan fingerprint density at radius 1 is 1.37 bits per heavy atom. The number of fused-ring (bicyclic) bond motifs is 1. The minimum absolute atomic E-state index is 0.0388. The molecule has 0 saturated heterocycles. The van der Waals surface area contributed by atoms with Crippen LogP contribution in [0.15, 0.2) is 30.3 Å². The van der Waals surface area contributed by atoms with Gasteiger partial charge in [0.2, 0.25) is 0 Å². The molecular weight excluding hydrogens is 238 g/mol. The van der Waals surface area contributed by atoms with E-state index >= 15 is 0 Å². The van der Waals surface area contributed by atoms with Gasteiger partial charge >= 0.3 is 0 Å². The van der Waals surface area contributed by atoms with Gasteiger partial charge in [0.1, 0.15) is 0 Å². The van der Waals surface area contributed by atoms with Crippen LogP contribution in [0.25, 0.3) is 10.9 Å². The topological polar surface area (TPSA) is 45.2 Å². The van der Waals surface area contributed by atoms with Gasteiger partial charge < -0.3 is 10.2 Å². The Balaban J connectivity index is 2.41. The van der Waals surface area contributed by atoms with Gasteiger partial charge in [-0.2, -0.15) is 0 Å². The summed E-state index contributed by atoms with van der Waals surface area (Å²) in [6, 6.07) is 9.62. The summed E-state index contributed by atoms with van der Waals surface area (Å²) < 4.78 is 0. The van der Waals surface area contributed by atoms with Crippen molar-refractivity contribution < 1.29 is 4.79 Å². The first-order chi connectivity index (χ1) is 9.13. The second kappa shape index (κ2) is 5.80. The van der Waals surface area contributed by atoms with Crippen molar-refractivity contribution in [2.24, 2.45) is 0 Å². The van der Waals surface area contributed by atoms with E-state index in [1.54, 1.807) is 4.90 Å². The molecule has 0 aliphatic carbocycles. The van der Waals surface area contributed by atoms with Gasteiger partial charge in [-0.25, -0.2) is 0 Å². The van der Waals surface area contributed by atoms with Crippen LogP contribution in [0, 0.1) is 6.92 Å². The van der Waals surface area contributed by atoms with Gasteiger partial charge in [-0.1, -0.05) is 18.2 Å². The van der Waals surface area contributed by atoms with Crippen LogP contribution in [0.3, 0.4) is 0 Å². The molecular formula is C15H19N3O. The van der Waals surface area contributed by atoms with Crippen molar-refractivity contribution in [3.8, 4) is 0 Å². The summed E-state index contributed by atoms with van der Waals surface area (Å²) in [5.41, 5.74) is 2.46. The number of pyridine rings is 1. The van der Waals surface area contributed by atoms with Crippen LogP contribution in [0.4, 0.5) is 0 Å². The van der Waals surface area contributed by atoms with Gasteiger partial charge in [0.25, 0.3) is 5.91 Å². The Kier molecular flexibility index (Phi) is 4.12. The number of aryl methyl sites for hydroxylation is 1. The number of likely N-dealkylation sites (N-methyl/N-ethyl adjacent to an activating group) is 2. The maximum absolute atomic E-state index is 12.5. The molecule has 100 valence electrons. The number of amides is 1. The second-order valence-corrected chi connectivity index (χ2v) is 4.66. The molecule has 4 heteroatoms. The van der Waals surface area contributed by atoms with Crippen LogP contribution in [-0.2, 0) is 0 Å². The average molecular weight is 257 g/mol. The highest BCUT2D eigenvalue weighted by Gasteiger charge is 2.15. The first kappa shape index (κ1) is 13.5. The molecule has 2 rings (SSSR count). The SMILES string of the molecule is CNCCN(C)C(=O)c1cc(C)nc2ccccc12. The van der Waals surface area contributed by atoms with Gasteiger partial charge in [0.15, 0.2) is 0 Å². The van der Waals surface area contributed by atoms with E-state index < -0.39 is 0 Å². The molecule has 1 N–H and O–H groups in total. The fourth-order valence-electron chi connectivity index (χ4n) is 2.07. The molecule has 1 aromatic heterocycles. The van der Waals surface area contributed by atoms with E-state index in [4.69, 9.17) is 0 Å². The molecule has 0 saturated carbocycles. The smallest absolute Gasteiger partial charge is 0.254 e. The first-order valence-electron chi connectivity index (χ1n) is 6.40. The molecule has 0 atom stereocenters. The number of hydrogen-bond acceptors (Lipinski definition) is 3. The zero-order chi connectivity index (χ0) is 13.8. The van der Waals surface area contributed by atoms with Crippen LogP contribution >= 0.6 is 0 Å². The highest BCUT2D eigenvalue weighted by atomic mass is 16.2. The number of hydrogen-bond donors (Lipinski definition) is 1. The molecule has 4 nitrogen and oxygen atoms in total. The quantitative estimate of drug-likeness (QED) is 0.909. The lowest BCUT2D eigenvalue weighted by Crippen LogP contribution is -2.33. The minimum Gasteiger partial charge on any atom is -0.340 e. The summed E-state index contributed by atoms with van der Waals surface area (Å²) in [7, 11) is 3.70. The third-order valence-corrected chi connectivity index (χ3v) is 3.12. The van der Waals surface area contributed by atoms with Crippen molar-refractivity contribution >= 4 is 16.8 Å². The number of aromatic nitrogens is 1. The van der Waals surface area contributed by atoms with Crippen molar-refractivity contribution in [3.63, 3.8) is 0 Å². The summed E-state index contributed by atoms with van der Waals surface area (Å²) in [4.78, 5) is 18.7. The lowest BCUT2D eigenvalue weighted by atomic mass is 10.1. The fourth-order valence-corrected chi connectivity index (χ4v) is 2.07. The zero-order valence-corrected chi connectivity index (χ0v) is 11.6.